The van der Waals surface area contributed by atoms with Gasteiger partial charge in [-0.25, -0.2) is 4.68 Å². The van der Waals surface area contributed by atoms with Crippen molar-refractivity contribution in [1.82, 2.24) is 14.9 Å². The molecule has 146 valence electrons. The maximum absolute atomic E-state index is 12.7. The van der Waals surface area contributed by atoms with Gasteiger partial charge in [0.15, 0.2) is 5.76 Å². The molecule has 2 bridgehead atoms. The Bertz CT molecular complexity index is 907. The Morgan fingerprint density at radius 1 is 1.44 bits per heavy atom. The Labute approximate surface area is 166 Å². The first-order chi connectivity index (χ1) is 12.8. The van der Waals surface area contributed by atoms with Crippen LogP contribution in [0.2, 0.25) is 0 Å². The summed E-state index contributed by atoms with van der Waals surface area (Å²) in [5.41, 5.74) is 0.987. The fraction of sp³-hybridized carbons (Fsp3) is 0.632. The molecule has 27 heavy (non-hydrogen) atoms. The number of nitrogens with one attached hydrogen (secondary N) is 1. The van der Waals surface area contributed by atoms with Gasteiger partial charge < -0.3 is 14.6 Å². The van der Waals surface area contributed by atoms with E-state index in [1.807, 2.05) is 0 Å². The van der Waals surface area contributed by atoms with Crippen LogP contribution in [0, 0.1) is 23.2 Å². The monoisotopic (exact) mass is 436 g/mol. The number of hydrogen-bond acceptors (Lipinski definition) is 6. The third-order valence-corrected chi connectivity index (χ3v) is 7.50. The van der Waals surface area contributed by atoms with E-state index in [0.717, 1.165) is 23.9 Å². The lowest BCUT2D eigenvalue weighted by atomic mass is 9.45. The van der Waals surface area contributed by atoms with Crippen molar-refractivity contribution in [2.75, 3.05) is 12.4 Å². The maximum Gasteiger partial charge on any atom is 0.283 e. The molecule has 3 saturated carbocycles. The predicted octanol–water partition coefficient (Wildman–Crippen LogP) is 3.53. The van der Waals surface area contributed by atoms with E-state index in [9.17, 15) is 4.79 Å². The van der Waals surface area contributed by atoms with Gasteiger partial charge in [0.2, 0.25) is 0 Å². The van der Waals surface area contributed by atoms with Crippen LogP contribution >= 0.6 is 15.9 Å². The zero-order valence-electron chi connectivity index (χ0n) is 16.0. The molecule has 5 rings (SSSR count). The molecule has 0 aliphatic heterocycles. The van der Waals surface area contributed by atoms with Gasteiger partial charge in [-0.1, -0.05) is 20.8 Å². The van der Waals surface area contributed by atoms with E-state index in [2.05, 4.69) is 52.3 Å². The quantitative estimate of drug-likeness (QED) is 0.771. The van der Waals surface area contributed by atoms with Gasteiger partial charge in [-0.3, -0.25) is 4.79 Å². The van der Waals surface area contributed by atoms with Crippen LogP contribution in [0.4, 0.5) is 5.69 Å². The Morgan fingerprint density at radius 2 is 2.22 bits per heavy atom. The van der Waals surface area contributed by atoms with Crippen molar-refractivity contribution in [2.24, 2.45) is 23.2 Å². The average molecular weight is 437 g/mol. The lowest BCUT2D eigenvalue weighted by Crippen LogP contribution is -2.58. The van der Waals surface area contributed by atoms with Crippen molar-refractivity contribution in [2.45, 2.75) is 46.2 Å². The van der Waals surface area contributed by atoms with E-state index in [0.29, 0.717) is 33.5 Å². The molecule has 1 N–H and O–H groups in total. The predicted molar refractivity (Wildman–Crippen MR) is 105 cm³/mol. The molecule has 2 aromatic heterocycles. The van der Waals surface area contributed by atoms with Gasteiger partial charge in [-0.2, -0.15) is 5.10 Å². The second-order valence-electron chi connectivity index (χ2n) is 8.38. The maximum atomic E-state index is 12.7. The number of halogens is 1. The molecule has 4 atom stereocenters. The summed E-state index contributed by atoms with van der Waals surface area (Å²) in [5, 5.41) is 11.6. The molecule has 3 aliphatic rings. The van der Waals surface area contributed by atoms with Crippen LogP contribution in [-0.2, 0) is 6.54 Å². The minimum absolute atomic E-state index is 0.201. The lowest BCUT2D eigenvalue weighted by Gasteiger charge is -2.62. The molecule has 2 heterocycles. The van der Waals surface area contributed by atoms with Crippen molar-refractivity contribution in [3.63, 3.8) is 0 Å². The molecular formula is C19H25BrN4O3. The molecule has 8 heteroatoms. The highest BCUT2D eigenvalue weighted by Crippen LogP contribution is 2.61. The normalized spacial score (nSPS) is 28.5. The van der Waals surface area contributed by atoms with Crippen molar-refractivity contribution in [3.8, 4) is 5.88 Å². The highest BCUT2D eigenvalue weighted by Gasteiger charge is 2.56. The van der Waals surface area contributed by atoms with Crippen molar-refractivity contribution >= 4 is 21.6 Å². The van der Waals surface area contributed by atoms with Gasteiger partial charge in [0.1, 0.15) is 11.0 Å². The fourth-order valence-corrected chi connectivity index (χ4v) is 5.25. The molecule has 0 amide bonds. The first-order valence-corrected chi connectivity index (χ1v) is 10.1. The smallest absolute Gasteiger partial charge is 0.283 e. The van der Waals surface area contributed by atoms with Crippen LogP contribution in [0.25, 0.3) is 0 Å². The number of fused-ring (bicyclic) bond motifs is 2. The Hall–Kier alpha value is -1.83. The van der Waals surface area contributed by atoms with Crippen molar-refractivity contribution in [1.29, 1.82) is 0 Å². The van der Waals surface area contributed by atoms with Gasteiger partial charge in [-0.05, 0) is 57.1 Å². The van der Waals surface area contributed by atoms with Gasteiger partial charge in [-0.15, -0.1) is 0 Å². The number of anilines is 1. The van der Waals surface area contributed by atoms with Gasteiger partial charge in [0, 0.05) is 12.1 Å². The summed E-state index contributed by atoms with van der Waals surface area (Å²) in [6, 6.07) is 2.01. The molecule has 0 unspecified atom stereocenters. The van der Waals surface area contributed by atoms with Gasteiger partial charge in [0.25, 0.3) is 11.4 Å². The van der Waals surface area contributed by atoms with E-state index in [-0.39, 0.29) is 12.1 Å². The molecule has 2 aromatic rings. The number of rotatable bonds is 5. The molecule has 0 spiro atoms. The summed E-state index contributed by atoms with van der Waals surface area (Å²) < 4.78 is 12.0. The minimum atomic E-state index is -0.204. The SMILES string of the molecule is COc1cc(Cn2ncc(N[C@@H]3C[C@H]4C[C@@H]([C@H]3C)C4(C)C)c(Br)c2=O)on1. The molecule has 3 fully saturated rings. The van der Waals surface area contributed by atoms with E-state index >= 15 is 0 Å². The highest BCUT2D eigenvalue weighted by molar-refractivity contribution is 9.10. The second kappa shape index (κ2) is 6.65. The molecule has 3 aliphatic carbocycles. The molecular weight excluding hydrogens is 412 g/mol. The summed E-state index contributed by atoms with van der Waals surface area (Å²) in [6.45, 7) is 7.29. The lowest BCUT2D eigenvalue weighted by molar-refractivity contribution is -0.105. The number of nitrogens with zero attached hydrogens (tertiary/aromatic N) is 3. The van der Waals surface area contributed by atoms with Crippen molar-refractivity contribution < 1.29 is 9.26 Å². The zero-order chi connectivity index (χ0) is 19.3. The van der Waals surface area contributed by atoms with Crippen molar-refractivity contribution in [3.05, 3.63) is 32.8 Å². The van der Waals surface area contributed by atoms with E-state index in [1.54, 1.807) is 12.3 Å². The summed E-state index contributed by atoms with van der Waals surface area (Å²) in [6.07, 6.45) is 4.17. The average Bonchev–Trinajstić information content (AvgIpc) is 3.10. The van der Waals surface area contributed by atoms with Gasteiger partial charge in [0.05, 0.1) is 19.0 Å². The summed E-state index contributed by atoms with van der Waals surface area (Å²) >= 11 is 3.45. The molecule has 0 aromatic carbocycles. The zero-order valence-corrected chi connectivity index (χ0v) is 17.6. The summed E-state index contributed by atoms with van der Waals surface area (Å²) in [5.74, 6) is 2.95. The first-order valence-electron chi connectivity index (χ1n) is 9.33. The largest absolute Gasteiger partial charge is 0.479 e. The van der Waals surface area contributed by atoms with Gasteiger partial charge >= 0.3 is 0 Å². The number of ether oxygens (including phenoxy) is 1. The molecule has 0 radical (unpaired) electrons. The van der Waals surface area contributed by atoms with Crippen LogP contribution in [-0.4, -0.2) is 28.1 Å². The standard InChI is InChI=1S/C19H25BrN4O3/c1-10-13-5-11(19(13,2)3)6-14(10)22-15-8-21-24(18(25)17(15)20)9-12-7-16(26-4)23-27-12/h7-8,10-11,13-14,22H,5-6,9H2,1-4H3/t10-,11-,13+,14-/m1/s1. The Balaban J connectivity index is 1.50. The Kier molecular flexibility index (Phi) is 4.56. The van der Waals surface area contributed by atoms with Crippen LogP contribution in [0.3, 0.4) is 0 Å². The van der Waals surface area contributed by atoms with E-state index in [1.165, 1.54) is 18.2 Å². The summed E-state index contributed by atoms with van der Waals surface area (Å²) in [7, 11) is 1.51. The first kappa shape index (κ1) is 18.5. The third kappa shape index (κ3) is 3.07. The molecule has 7 nitrogen and oxygen atoms in total. The van der Waals surface area contributed by atoms with E-state index < -0.39 is 0 Å². The van der Waals surface area contributed by atoms with Crippen LogP contribution in [0.1, 0.15) is 39.4 Å². The van der Waals surface area contributed by atoms with Crippen LogP contribution < -0.4 is 15.6 Å². The highest BCUT2D eigenvalue weighted by atomic mass is 79.9. The number of hydrogen-bond donors (Lipinski definition) is 1. The van der Waals surface area contributed by atoms with Crippen LogP contribution in [0.5, 0.6) is 5.88 Å². The molecule has 0 saturated heterocycles. The van der Waals surface area contributed by atoms with Crippen LogP contribution in [0.15, 0.2) is 26.1 Å². The summed E-state index contributed by atoms with van der Waals surface area (Å²) in [4.78, 5) is 12.7. The second-order valence-corrected chi connectivity index (χ2v) is 9.17. The number of methoxy groups -OCH3 is 1. The third-order valence-electron chi connectivity index (χ3n) is 6.73. The number of aromatic nitrogens is 3. The fourth-order valence-electron chi connectivity index (χ4n) is 4.83. The minimum Gasteiger partial charge on any atom is -0.479 e. The topological polar surface area (TPSA) is 82.2 Å². The van der Waals surface area contributed by atoms with E-state index in [4.69, 9.17) is 9.26 Å². The Morgan fingerprint density at radius 3 is 2.85 bits per heavy atom.